The predicted molar refractivity (Wildman–Crippen MR) is 125 cm³/mol. The number of nitrogens with one attached hydrogen (secondary N) is 1. The number of hydrogen-bond acceptors (Lipinski definition) is 5. The van der Waals surface area contributed by atoms with Crippen molar-refractivity contribution in [3.8, 4) is 5.75 Å². The molecule has 0 spiro atoms. The Kier molecular flexibility index (Phi) is 6.31. The largest absolute Gasteiger partial charge is 0.495 e. The minimum absolute atomic E-state index is 0.0705. The van der Waals surface area contributed by atoms with Gasteiger partial charge in [-0.3, -0.25) is 9.59 Å². The molecule has 0 unspecified atom stereocenters. The molecule has 1 N–H and O–H groups in total. The van der Waals surface area contributed by atoms with E-state index in [0.717, 1.165) is 21.6 Å². The van der Waals surface area contributed by atoms with E-state index < -0.39 is 16.1 Å². The van der Waals surface area contributed by atoms with E-state index in [2.05, 4.69) is 4.72 Å². The summed E-state index contributed by atoms with van der Waals surface area (Å²) in [7, 11) is -2.63. The molecule has 33 heavy (non-hydrogen) atoms. The van der Waals surface area contributed by atoms with Crippen LogP contribution in [0.1, 0.15) is 35.6 Å². The highest BCUT2D eigenvalue weighted by Gasteiger charge is 2.33. The molecule has 8 heteroatoms. The first-order chi connectivity index (χ1) is 15.8. The first-order valence-electron chi connectivity index (χ1n) is 10.5. The fourth-order valence-electron chi connectivity index (χ4n) is 3.81. The molecule has 0 aliphatic carbocycles. The lowest BCUT2D eigenvalue weighted by atomic mass is 9.99. The second kappa shape index (κ2) is 9.17. The molecular formula is C25H24N2O5S. The Balaban J connectivity index is 1.75. The van der Waals surface area contributed by atoms with Crippen LogP contribution in [-0.4, -0.2) is 27.3 Å². The second-order valence-electron chi connectivity index (χ2n) is 7.83. The van der Waals surface area contributed by atoms with Gasteiger partial charge in [-0.2, -0.15) is 4.72 Å². The van der Waals surface area contributed by atoms with Gasteiger partial charge in [0.2, 0.25) is 21.8 Å². The fourth-order valence-corrected chi connectivity index (χ4v) is 5.05. The van der Waals surface area contributed by atoms with Crippen molar-refractivity contribution in [2.24, 2.45) is 0 Å². The summed E-state index contributed by atoms with van der Waals surface area (Å²) in [6, 6.07) is 20.4. The number of carbonyl (C=O) groups is 2. The average molecular weight is 465 g/mol. The highest BCUT2D eigenvalue weighted by Crippen LogP contribution is 2.35. The summed E-state index contributed by atoms with van der Waals surface area (Å²) in [5.74, 6) is -0.527. The Hall–Kier alpha value is -3.49. The van der Waals surface area contributed by atoms with Crippen LogP contribution in [0, 0.1) is 6.92 Å². The van der Waals surface area contributed by atoms with Crippen molar-refractivity contribution in [1.29, 1.82) is 0 Å². The Morgan fingerprint density at radius 2 is 1.48 bits per heavy atom. The van der Waals surface area contributed by atoms with Gasteiger partial charge >= 0.3 is 0 Å². The first kappa shape index (κ1) is 22.7. The maximum atomic E-state index is 13.4. The molecule has 170 valence electrons. The molecule has 2 amide bonds. The monoisotopic (exact) mass is 464 g/mol. The van der Waals surface area contributed by atoms with Crippen molar-refractivity contribution >= 4 is 27.5 Å². The summed E-state index contributed by atoms with van der Waals surface area (Å²) >= 11 is 0. The third-order valence-electron chi connectivity index (χ3n) is 5.57. The quantitative estimate of drug-likeness (QED) is 0.538. The van der Waals surface area contributed by atoms with Gasteiger partial charge in [-0.15, -0.1) is 0 Å². The second-order valence-corrected chi connectivity index (χ2v) is 9.55. The summed E-state index contributed by atoms with van der Waals surface area (Å²) in [4.78, 5) is 25.5. The molecule has 0 bridgehead atoms. The molecule has 1 heterocycles. The Morgan fingerprint density at radius 3 is 2.09 bits per heavy atom. The minimum atomic E-state index is -4.03. The summed E-state index contributed by atoms with van der Waals surface area (Å²) in [6.07, 6.45) is 0.168. The van der Waals surface area contributed by atoms with Crippen LogP contribution in [-0.2, 0) is 19.6 Å². The van der Waals surface area contributed by atoms with Crippen molar-refractivity contribution in [3.05, 3.63) is 89.5 Å². The third kappa shape index (κ3) is 4.67. The standard InChI is InChI=1S/C25H24N2O5S/c1-17-8-10-19(11-9-17)25(18-6-4-3-5-7-18)26-33(30,31)20-12-13-22(32-2)21(16-20)27-23(28)14-15-24(27)29/h3-13,16,25-26H,14-15H2,1-2H3/t25-/m0/s1. The Labute approximate surface area is 193 Å². The average Bonchev–Trinajstić information content (AvgIpc) is 3.16. The zero-order valence-corrected chi connectivity index (χ0v) is 19.1. The molecule has 1 aliphatic heterocycles. The van der Waals surface area contributed by atoms with Crippen molar-refractivity contribution in [1.82, 2.24) is 4.72 Å². The van der Waals surface area contributed by atoms with Gasteiger partial charge in [-0.25, -0.2) is 13.3 Å². The summed E-state index contributed by atoms with van der Waals surface area (Å²) < 4.78 is 35.0. The van der Waals surface area contributed by atoms with Crippen LogP contribution in [0.2, 0.25) is 0 Å². The molecule has 1 atom stereocenters. The smallest absolute Gasteiger partial charge is 0.241 e. The number of sulfonamides is 1. The molecule has 3 aromatic rings. The minimum Gasteiger partial charge on any atom is -0.495 e. The van der Waals surface area contributed by atoms with Crippen LogP contribution in [0.15, 0.2) is 77.7 Å². The molecule has 0 aromatic heterocycles. The normalized spacial score (nSPS) is 15.0. The summed E-state index contributed by atoms with van der Waals surface area (Å²) in [6.45, 7) is 1.96. The number of ether oxygens (including phenoxy) is 1. The number of hydrogen-bond donors (Lipinski definition) is 1. The lowest BCUT2D eigenvalue weighted by Crippen LogP contribution is -2.31. The van der Waals surface area contributed by atoms with Crippen LogP contribution in [0.3, 0.4) is 0 Å². The van der Waals surface area contributed by atoms with Crippen molar-refractivity contribution in [2.45, 2.75) is 30.7 Å². The van der Waals surface area contributed by atoms with Crippen molar-refractivity contribution < 1.29 is 22.7 Å². The number of methoxy groups -OCH3 is 1. The van der Waals surface area contributed by atoms with Gasteiger partial charge in [0.25, 0.3) is 0 Å². The lowest BCUT2D eigenvalue weighted by molar-refractivity contribution is -0.121. The van der Waals surface area contributed by atoms with Gasteiger partial charge in [0.1, 0.15) is 5.75 Å². The number of carbonyl (C=O) groups excluding carboxylic acids is 2. The van der Waals surface area contributed by atoms with Crippen molar-refractivity contribution in [2.75, 3.05) is 12.0 Å². The van der Waals surface area contributed by atoms with E-state index in [0.29, 0.717) is 0 Å². The van der Waals surface area contributed by atoms with E-state index in [9.17, 15) is 18.0 Å². The molecule has 3 aromatic carbocycles. The molecule has 7 nitrogen and oxygen atoms in total. The first-order valence-corrected chi connectivity index (χ1v) is 12.0. The topological polar surface area (TPSA) is 92.8 Å². The van der Waals surface area contributed by atoms with E-state index in [1.165, 1.54) is 25.3 Å². The molecule has 1 saturated heterocycles. The van der Waals surface area contributed by atoms with Gasteiger partial charge in [-0.1, -0.05) is 60.2 Å². The van der Waals surface area contributed by atoms with Crippen LogP contribution in [0.5, 0.6) is 5.75 Å². The molecular weight excluding hydrogens is 440 g/mol. The maximum Gasteiger partial charge on any atom is 0.241 e. The number of rotatable bonds is 7. The van der Waals surface area contributed by atoms with Crippen LogP contribution >= 0.6 is 0 Å². The molecule has 0 saturated carbocycles. The summed E-state index contributed by atoms with van der Waals surface area (Å²) in [5.41, 5.74) is 2.75. The van der Waals surface area contributed by atoms with E-state index in [4.69, 9.17) is 4.74 Å². The number of amides is 2. The highest BCUT2D eigenvalue weighted by atomic mass is 32.2. The molecule has 0 radical (unpaired) electrons. The zero-order valence-electron chi connectivity index (χ0n) is 18.3. The number of aryl methyl sites for hydroxylation is 1. The van der Waals surface area contributed by atoms with Gasteiger partial charge < -0.3 is 4.74 Å². The lowest BCUT2D eigenvalue weighted by Gasteiger charge is -2.22. The van der Waals surface area contributed by atoms with Crippen molar-refractivity contribution in [3.63, 3.8) is 0 Å². The Morgan fingerprint density at radius 1 is 0.879 bits per heavy atom. The van der Waals surface area contributed by atoms with Gasteiger partial charge in [0.15, 0.2) is 0 Å². The van der Waals surface area contributed by atoms with Crippen LogP contribution in [0.4, 0.5) is 5.69 Å². The Bertz CT molecular complexity index is 1270. The molecule has 1 aliphatic rings. The SMILES string of the molecule is COc1ccc(S(=O)(=O)N[C@@H](c2ccccc2)c2ccc(C)cc2)cc1N1C(=O)CCC1=O. The van der Waals surface area contributed by atoms with Gasteiger partial charge in [0.05, 0.1) is 23.7 Å². The van der Waals surface area contributed by atoms with Crippen LogP contribution in [0.25, 0.3) is 0 Å². The predicted octanol–water partition coefficient (Wildman–Crippen LogP) is 3.72. The van der Waals surface area contributed by atoms with Crippen LogP contribution < -0.4 is 14.4 Å². The van der Waals surface area contributed by atoms with E-state index in [1.807, 2.05) is 61.5 Å². The number of anilines is 1. The van der Waals surface area contributed by atoms with E-state index in [-0.39, 0.29) is 41.0 Å². The van der Waals surface area contributed by atoms with Gasteiger partial charge in [0, 0.05) is 12.8 Å². The fraction of sp³-hybridized carbons (Fsp3) is 0.200. The number of nitrogens with zero attached hydrogens (tertiary/aromatic N) is 1. The maximum absolute atomic E-state index is 13.4. The summed E-state index contributed by atoms with van der Waals surface area (Å²) in [5, 5.41) is 0. The number of benzene rings is 3. The third-order valence-corrected chi connectivity index (χ3v) is 6.99. The molecule has 4 rings (SSSR count). The van der Waals surface area contributed by atoms with E-state index in [1.54, 1.807) is 0 Å². The number of imide groups is 1. The van der Waals surface area contributed by atoms with E-state index >= 15 is 0 Å². The molecule has 1 fully saturated rings. The zero-order chi connectivity index (χ0) is 23.6. The highest BCUT2D eigenvalue weighted by molar-refractivity contribution is 7.89. The van der Waals surface area contributed by atoms with Gasteiger partial charge in [-0.05, 0) is 36.2 Å².